The number of likely N-dealkylation sites (tertiary alicyclic amines) is 1. The summed E-state index contributed by atoms with van der Waals surface area (Å²) in [7, 11) is 0. The Bertz CT molecular complexity index is 521. The van der Waals surface area contributed by atoms with E-state index >= 15 is 0 Å². The van der Waals surface area contributed by atoms with Gasteiger partial charge in [-0.3, -0.25) is 0 Å². The van der Waals surface area contributed by atoms with Crippen molar-refractivity contribution >= 4 is 6.09 Å². The van der Waals surface area contributed by atoms with Gasteiger partial charge in [-0.2, -0.15) is 0 Å². The van der Waals surface area contributed by atoms with Gasteiger partial charge >= 0.3 is 6.09 Å². The van der Waals surface area contributed by atoms with Crippen molar-refractivity contribution in [3.8, 4) is 0 Å². The highest BCUT2D eigenvalue weighted by molar-refractivity contribution is 5.69. The average Bonchev–Trinajstić information content (AvgIpc) is 2.88. The third-order valence-corrected chi connectivity index (χ3v) is 3.77. The molecule has 1 fully saturated rings. The van der Waals surface area contributed by atoms with E-state index in [4.69, 9.17) is 9.47 Å². The number of carbonyl (C=O) groups excluding carboxylic acids is 1. The van der Waals surface area contributed by atoms with Crippen molar-refractivity contribution in [2.24, 2.45) is 0 Å². The minimum Gasteiger partial charge on any atom is -0.444 e. The minimum absolute atomic E-state index is 0.0349. The van der Waals surface area contributed by atoms with Crippen molar-refractivity contribution in [1.82, 2.24) is 4.90 Å². The molecule has 0 unspecified atom stereocenters. The summed E-state index contributed by atoms with van der Waals surface area (Å²) in [5.74, 6) is 0. The number of rotatable bonds is 5. The Morgan fingerprint density at radius 2 is 2.04 bits per heavy atom. The summed E-state index contributed by atoms with van der Waals surface area (Å²) in [6.45, 7) is 10.6. The Morgan fingerprint density at radius 1 is 1.35 bits per heavy atom. The molecule has 0 saturated carbocycles. The van der Waals surface area contributed by atoms with Crippen LogP contribution in [0, 0.1) is 0 Å². The fourth-order valence-corrected chi connectivity index (χ4v) is 2.74. The van der Waals surface area contributed by atoms with Gasteiger partial charge in [0.05, 0.1) is 19.3 Å². The van der Waals surface area contributed by atoms with Crippen LogP contribution in [-0.2, 0) is 16.1 Å². The van der Waals surface area contributed by atoms with E-state index in [0.29, 0.717) is 13.2 Å². The predicted molar refractivity (Wildman–Crippen MR) is 91.2 cm³/mol. The molecule has 4 nitrogen and oxygen atoms in total. The van der Waals surface area contributed by atoms with Crippen LogP contribution in [0.1, 0.15) is 39.2 Å². The molecule has 1 aromatic rings. The fraction of sp³-hybridized carbons (Fsp3) is 0.526. The molecule has 1 saturated heterocycles. The van der Waals surface area contributed by atoms with Crippen molar-refractivity contribution in [3.63, 3.8) is 0 Å². The van der Waals surface area contributed by atoms with Crippen molar-refractivity contribution in [2.45, 2.75) is 58.0 Å². The largest absolute Gasteiger partial charge is 0.444 e. The van der Waals surface area contributed by atoms with Crippen molar-refractivity contribution in [2.75, 3.05) is 6.54 Å². The monoisotopic (exact) mass is 317 g/mol. The molecule has 126 valence electrons. The van der Waals surface area contributed by atoms with E-state index in [1.54, 1.807) is 4.90 Å². The van der Waals surface area contributed by atoms with Crippen LogP contribution < -0.4 is 0 Å². The van der Waals surface area contributed by atoms with Crippen molar-refractivity contribution in [1.29, 1.82) is 0 Å². The minimum atomic E-state index is -0.487. The van der Waals surface area contributed by atoms with Crippen LogP contribution in [0.5, 0.6) is 0 Å². The number of hydrogen-bond acceptors (Lipinski definition) is 3. The number of ether oxygens (including phenoxy) is 2. The normalized spacial score (nSPS) is 21.3. The van der Waals surface area contributed by atoms with Crippen LogP contribution in [0.3, 0.4) is 0 Å². The van der Waals surface area contributed by atoms with E-state index in [1.165, 1.54) is 0 Å². The van der Waals surface area contributed by atoms with Gasteiger partial charge in [-0.25, -0.2) is 4.79 Å². The van der Waals surface area contributed by atoms with Crippen LogP contribution in [0.4, 0.5) is 4.79 Å². The van der Waals surface area contributed by atoms with Gasteiger partial charge in [0.25, 0.3) is 0 Å². The average molecular weight is 317 g/mol. The molecule has 0 spiro atoms. The van der Waals surface area contributed by atoms with Gasteiger partial charge in [-0.05, 0) is 39.2 Å². The van der Waals surface area contributed by atoms with Gasteiger partial charge in [-0.1, -0.05) is 36.4 Å². The molecule has 4 heteroatoms. The first-order valence-electron chi connectivity index (χ1n) is 8.15. The zero-order valence-corrected chi connectivity index (χ0v) is 14.3. The van der Waals surface area contributed by atoms with Crippen LogP contribution in [0.25, 0.3) is 0 Å². The zero-order valence-electron chi connectivity index (χ0n) is 14.3. The van der Waals surface area contributed by atoms with Gasteiger partial charge in [0.2, 0.25) is 0 Å². The van der Waals surface area contributed by atoms with E-state index < -0.39 is 5.60 Å². The molecule has 1 aliphatic heterocycles. The Balaban J connectivity index is 1.94. The van der Waals surface area contributed by atoms with Crippen LogP contribution in [-0.4, -0.2) is 35.3 Å². The summed E-state index contributed by atoms with van der Waals surface area (Å²) in [4.78, 5) is 14.2. The number of nitrogens with zero attached hydrogens (tertiary/aromatic N) is 1. The highest BCUT2D eigenvalue weighted by Crippen LogP contribution is 2.26. The SMILES string of the molecule is C=CC[C@H]1C[C@@H](OCc2ccccc2)CN1C(=O)OC(C)(C)C. The van der Waals surface area contributed by atoms with Crippen LogP contribution in [0.2, 0.25) is 0 Å². The molecule has 0 aliphatic carbocycles. The molecule has 23 heavy (non-hydrogen) atoms. The van der Waals surface area contributed by atoms with Gasteiger partial charge < -0.3 is 14.4 Å². The predicted octanol–water partition coefficient (Wildman–Crippen LogP) is 4.16. The summed E-state index contributed by atoms with van der Waals surface area (Å²) in [6, 6.07) is 10.2. The maximum absolute atomic E-state index is 12.4. The van der Waals surface area contributed by atoms with E-state index in [-0.39, 0.29) is 18.2 Å². The van der Waals surface area contributed by atoms with Crippen molar-refractivity contribution in [3.05, 3.63) is 48.6 Å². The smallest absolute Gasteiger partial charge is 0.410 e. The lowest BCUT2D eigenvalue weighted by Gasteiger charge is -2.28. The lowest BCUT2D eigenvalue weighted by atomic mass is 10.1. The molecule has 1 aromatic carbocycles. The lowest BCUT2D eigenvalue weighted by Crippen LogP contribution is -2.40. The maximum atomic E-state index is 12.4. The Kier molecular flexibility index (Phi) is 5.83. The molecule has 0 N–H and O–H groups in total. The Labute approximate surface area is 139 Å². The molecule has 0 aromatic heterocycles. The lowest BCUT2D eigenvalue weighted by molar-refractivity contribution is 0.0151. The fourth-order valence-electron chi connectivity index (χ4n) is 2.74. The molecule has 1 amide bonds. The first-order chi connectivity index (χ1) is 10.9. The summed E-state index contributed by atoms with van der Waals surface area (Å²) >= 11 is 0. The second-order valence-electron chi connectivity index (χ2n) is 6.97. The number of amides is 1. The molecule has 1 heterocycles. The second kappa shape index (κ2) is 7.64. The number of benzene rings is 1. The molecular formula is C19H27NO3. The highest BCUT2D eigenvalue weighted by Gasteiger charge is 2.37. The number of carbonyl (C=O) groups is 1. The van der Waals surface area contributed by atoms with Gasteiger partial charge in [0, 0.05) is 6.04 Å². The first kappa shape index (κ1) is 17.5. The van der Waals surface area contributed by atoms with Gasteiger partial charge in [0.15, 0.2) is 0 Å². The third kappa shape index (κ3) is 5.39. The van der Waals surface area contributed by atoms with E-state index in [0.717, 1.165) is 18.4 Å². The zero-order chi connectivity index (χ0) is 16.9. The third-order valence-electron chi connectivity index (χ3n) is 3.77. The Hall–Kier alpha value is -1.81. The van der Waals surface area contributed by atoms with Crippen molar-refractivity contribution < 1.29 is 14.3 Å². The molecular weight excluding hydrogens is 290 g/mol. The molecule has 0 bridgehead atoms. The molecule has 1 aliphatic rings. The summed E-state index contributed by atoms with van der Waals surface area (Å²) in [5.41, 5.74) is 0.655. The summed E-state index contributed by atoms with van der Waals surface area (Å²) in [6.07, 6.45) is 3.19. The second-order valence-corrected chi connectivity index (χ2v) is 6.97. The van der Waals surface area contributed by atoms with Crippen LogP contribution in [0.15, 0.2) is 43.0 Å². The Morgan fingerprint density at radius 3 is 2.65 bits per heavy atom. The van der Waals surface area contributed by atoms with E-state index in [1.807, 2.05) is 57.2 Å². The topological polar surface area (TPSA) is 38.8 Å². The van der Waals surface area contributed by atoms with E-state index in [9.17, 15) is 4.79 Å². The summed E-state index contributed by atoms with van der Waals surface area (Å²) < 4.78 is 11.5. The van der Waals surface area contributed by atoms with Gasteiger partial charge in [-0.15, -0.1) is 6.58 Å². The van der Waals surface area contributed by atoms with E-state index in [2.05, 4.69) is 6.58 Å². The molecule has 0 radical (unpaired) electrons. The number of hydrogen-bond donors (Lipinski definition) is 0. The highest BCUT2D eigenvalue weighted by atomic mass is 16.6. The van der Waals surface area contributed by atoms with Crippen LogP contribution >= 0.6 is 0 Å². The molecule has 2 rings (SSSR count). The standard InChI is InChI=1S/C19H27NO3/c1-5-9-16-12-17(22-14-15-10-7-6-8-11-15)13-20(16)18(21)23-19(2,3)4/h5-8,10-11,16-17H,1,9,12-14H2,2-4H3/t16-,17+/m0/s1. The first-order valence-corrected chi connectivity index (χ1v) is 8.15. The maximum Gasteiger partial charge on any atom is 0.410 e. The quantitative estimate of drug-likeness (QED) is 0.766. The summed E-state index contributed by atoms with van der Waals surface area (Å²) in [5, 5.41) is 0. The molecule has 2 atom stereocenters. The van der Waals surface area contributed by atoms with Gasteiger partial charge in [0.1, 0.15) is 5.60 Å².